The molecule has 1 unspecified atom stereocenters. The van der Waals surface area contributed by atoms with Gasteiger partial charge in [0, 0.05) is 38.6 Å². The van der Waals surface area contributed by atoms with Gasteiger partial charge in [-0.05, 0) is 48.6 Å². The number of ether oxygens (including phenoxy) is 2. The minimum atomic E-state index is 0.517. The first-order valence-corrected chi connectivity index (χ1v) is 10.7. The van der Waals surface area contributed by atoms with Gasteiger partial charge in [-0.1, -0.05) is 36.4 Å². The average Bonchev–Trinajstić information content (AvgIpc) is 2.79. The van der Waals surface area contributed by atoms with E-state index in [0.29, 0.717) is 5.92 Å². The van der Waals surface area contributed by atoms with Crippen molar-refractivity contribution in [2.45, 2.75) is 25.2 Å². The zero-order valence-corrected chi connectivity index (χ0v) is 17.6. The summed E-state index contributed by atoms with van der Waals surface area (Å²) in [5, 5.41) is 0. The lowest BCUT2D eigenvalue weighted by molar-refractivity contribution is 0.282. The normalized spacial score (nSPS) is 19.9. The van der Waals surface area contributed by atoms with Crippen molar-refractivity contribution in [1.82, 2.24) is 4.90 Å². The number of anilines is 1. The van der Waals surface area contributed by atoms with Crippen LogP contribution in [0.15, 0.2) is 54.6 Å². The third kappa shape index (κ3) is 4.43. The van der Waals surface area contributed by atoms with E-state index in [2.05, 4.69) is 52.3 Å². The van der Waals surface area contributed by atoms with Crippen LogP contribution in [0.25, 0.3) is 0 Å². The molecular weight excluding hydrogens is 360 g/mol. The zero-order chi connectivity index (χ0) is 20.1. The van der Waals surface area contributed by atoms with Crippen LogP contribution in [0, 0.1) is 0 Å². The smallest absolute Gasteiger partial charge is 0.142 e. The monoisotopic (exact) mass is 392 g/mol. The highest BCUT2D eigenvalue weighted by Gasteiger charge is 2.21. The maximum atomic E-state index is 5.58. The molecule has 4 nitrogen and oxygen atoms in total. The Bertz CT molecular complexity index is 840. The third-order valence-corrected chi connectivity index (χ3v) is 6.26. The predicted octanol–water partition coefficient (Wildman–Crippen LogP) is 4.50. The molecule has 0 aromatic heterocycles. The van der Waals surface area contributed by atoms with Crippen molar-refractivity contribution in [3.63, 3.8) is 0 Å². The Hall–Kier alpha value is -2.46. The Morgan fingerprint density at radius 3 is 2.48 bits per heavy atom. The molecular formula is C25H32N2O2. The summed E-state index contributed by atoms with van der Waals surface area (Å²) in [5.41, 5.74) is 4.06. The van der Waals surface area contributed by atoms with E-state index in [9.17, 15) is 0 Å². The van der Waals surface area contributed by atoms with Gasteiger partial charge in [0.05, 0.1) is 19.9 Å². The van der Waals surface area contributed by atoms with Crippen LogP contribution < -0.4 is 14.4 Å². The van der Waals surface area contributed by atoms with Gasteiger partial charge in [0.2, 0.25) is 0 Å². The van der Waals surface area contributed by atoms with Gasteiger partial charge in [-0.2, -0.15) is 0 Å². The maximum Gasteiger partial charge on any atom is 0.142 e. The molecule has 4 heteroatoms. The SMILES string of the molecule is COc1ccccc1N1CCN(CC=CC2CCCc3c(OC)cccc32)CC1. The van der Waals surface area contributed by atoms with Crippen LogP contribution in [0.1, 0.15) is 29.9 Å². The van der Waals surface area contributed by atoms with Crippen molar-refractivity contribution in [2.75, 3.05) is 51.8 Å². The highest BCUT2D eigenvalue weighted by atomic mass is 16.5. The number of hydrogen-bond donors (Lipinski definition) is 0. The molecule has 1 aliphatic heterocycles. The molecule has 0 spiro atoms. The first kappa shape index (κ1) is 19.8. The van der Waals surface area contributed by atoms with Crippen LogP contribution in [0.2, 0.25) is 0 Å². The largest absolute Gasteiger partial charge is 0.496 e. The van der Waals surface area contributed by atoms with Gasteiger partial charge >= 0.3 is 0 Å². The van der Waals surface area contributed by atoms with E-state index >= 15 is 0 Å². The summed E-state index contributed by atoms with van der Waals surface area (Å²) in [6.45, 7) is 5.26. The van der Waals surface area contributed by atoms with Gasteiger partial charge < -0.3 is 14.4 Å². The molecule has 1 heterocycles. The Balaban J connectivity index is 1.33. The number of fused-ring (bicyclic) bond motifs is 1. The lowest BCUT2D eigenvalue weighted by Gasteiger charge is -2.36. The summed E-state index contributed by atoms with van der Waals surface area (Å²) in [6.07, 6.45) is 8.40. The molecule has 1 saturated heterocycles. The third-order valence-electron chi connectivity index (χ3n) is 6.26. The van der Waals surface area contributed by atoms with E-state index in [1.165, 1.54) is 29.7 Å². The molecule has 0 saturated carbocycles. The average molecular weight is 393 g/mol. The molecule has 0 N–H and O–H groups in total. The summed E-state index contributed by atoms with van der Waals surface area (Å²) < 4.78 is 11.1. The van der Waals surface area contributed by atoms with Crippen LogP contribution in [0.5, 0.6) is 11.5 Å². The second-order valence-corrected chi connectivity index (χ2v) is 7.91. The van der Waals surface area contributed by atoms with Crippen LogP contribution in [-0.4, -0.2) is 51.8 Å². The van der Waals surface area contributed by atoms with Crippen molar-refractivity contribution in [3.8, 4) is 11.5 Å². The highest BCUT2D eigenvalue weighted by molar-refractivity contribution is 5.58. The van der Waals surface area contributed by atoms with Gasteiger partial charge in [0.15, 0.2) is 0 Å². The van der Waals surface area contributed by atoms with Crippen molar-refractivity contribution >= 4 is 5.69 Å². The first-order valence-electron chi connectivity index (χ1n) is 10.7. The topological polar surface area (TPSA) is 24.9 Å². The lowest BCUT2D eigenvalue weighted by atomic mass is 9.82. The van der Waals surface area contributed by atoms with Crippen molar-refractivity contribution in [3.05, 3.63) is 65.7 Å². The molecule has 2 aliphatic rings. The van der Waals surface area contributed by atoms with Gasteiger partial charge in [-0.3, -0.25) is 4.90 Å². The summed E-state index contributed by atoms with van der Waals surface area (Å²) >= 11 is 0. The molecule has 4 rings (SSSR count). The summed E-state index contributed by atoms with van der Waals surface area (Å²) in [6, 6.07) is 14.8. The molecule has 154 valence electrons. The van der Waals surface area contributed by atoms with E-state index in [1.807, 2.05) is 12.1 Å². The molecule has 1 fully saturated rings. The van der Waals surface area contributed by atoms with E-state index in [0.717, 1.165) is 50.6 Å². The Morgan fingerprint density at radius 1 is 0.931 bits per heavy atom. The molecule has 0 bridgehead atoms. The van der Waals surface area contributed by atoms with Gasteiger partial charge in [0.25, 0.3) is 0 Å². The second-order valence-electron chi connectivity index (χ2n) is 7.91. The van der Waals surface area contributed by atoms with Crippen molar-refractivity contribution < 1.29 is 9.47 Å². The van der Waals surface area contributed by atoms with Crippen molar-refractivity contribution in [2.24, 2.45) is 0 Å². The van der Waals surface area contributed by atoms with Crippen LogP contribution >= 0.6 is 0 Å². The quantitative estimate of drug-likeness (QED) is 0.676. The molecule has 29 heavy (non-hydrogen) atoms. The van der Waals surface area contributed by atoms with Crippen molar-refractivity contribution in [1.29, 1.82) is 0 Å². The number of nitrogens with zero attached hydrogens (tertiary/aromatic N) is 2. The molecule has 0 amide bonds. The molecule has 1 atom stereocenters. The Kier molecular flexibility index (Phi) is 6.40. The van der Waals surface area contributed by atoms with Gasteiger partial charge in [-0.15, -0.1) is 0 Å². The van der Waals surface area contributed by atoms with Crippen LogP contribution in [-0.2, 0) is 6.42 Å². The number of para-hydroxylation sites is 2. The zero-order valence-electron chi connectivity index (χ0n) is 17.6. The lowest BCUT2D eigenvalue weighted by Crippen LogP contribution is -2.46. The van der Waals surface area contributed by atoms with Crippen LogP contribution in [0.4, 0.5) is 5.69 Å². The molecule has 2 aromatic carbocycles. The highest BCUT2D eigenvalue weighted by Crippen LogP contribution is 2.37. The predicted molar refractivity (Wildman–Crippen MR) is 119 cm³/mol. The van der Waals surface area contributed by atoms with E-state index in [4.69, 9.17) is 9.47 Å². The van der Waals surface area contributed by atoms with E-state index in [1.54, 1.807) is 14.2 Å². The fraction of sp³-hybridized carbons (Fsp3) is 0.440. The Morgan fingerprint density at radius 2 is 1.69 bits per heavy atom. The summed E-state index contributed by atoms with van der Waals surface area (Å²) in [4.78, 5) is 4.97. The Labute approximate surface area is 174 Å². The van der Waals surface area contributed by atoms with Crippen LogP contribution in [0.3, 0.4) is 0 Å². The van der Waals surface area contributed by atoms with E-state index < -0.39 is 0 Å². The summed E-state index contributed by atoms with van der Waals surface area (Å²) in [7, 11) is 3.53. The fourth-order valence-corrected chi connectivity index (χ4v) is 4.68. The summed E-state index contributed by atoms with van der Waals surface area (Å²) in [5.74, 6) is 2.53. The molecule has 2 aromatic rings. The maximum absolute atomic E-state index is 5.58. The number of piperazine rings is 1. The van der Waals surface area contributed by atoms with E-state index in [-0.39, 0.29) is 0 Å². The van der Waals surface area contributed by atoms with Gasteiger partial charge in [0.1, 0.15) is 11.5 Å². The molecule has 1 aliphatic carbocycles. The number of allylic oxidation sites excluding steroid dienone is 1. The molecule has 0 radical (unpaired) electrons. The number of methoxy groups -OCH3 is 2. The first-order chi connectivity index (χ1) is 14.3. The number of rotatable bonds is 6. The fourth-order valence-electron chi connectivity index (χ4n) is 4.68. The second kappa shape index (κ2) is 9.36. The minimum Gasteiger partial charge on any atom is -0.496 e. The van der Waals surface area contributed by atoms with Gasteiger partial charge in [-0.25, -0.2) is 0 Å². The number of hydrogen-bond acceptors (Lipinski definition) is 4. The standard InChI is InChI=1S/C25H32N2O2/c1-28-24-14-6-10-21-20(8-5-11-22(21)24)9-7-15-26-16-18-27(19-17-26)23-12-3-4-13-25(23)29-2/h3-4,6-7,9-10,12-14,20H,5,8,11,15-19H2,1-2H3. The minimum absolute atomic E-state index is 0.517. The number of benzene rings is 2.